The molecule has 1 atom stereocenters. The van der Waals surface area contributed by atoms with Gasteiger partial charge in [-0.25, -0.2) is 0 Å². The molecule has 2 aliphatic carbocycles. The minimum Gasteiger partial charge on any atom is -0.435 e. The highest BCUT2D eigenvalue weighted by Gasteiger charge is 2.31. The number of primary amides is 1. The standard InChI is InChI=1S/C24H25F2N3O2/c1-13-18(15-3-2-4-15)10-20(21-8-5-14(11-27)12-29-21)22(23(28)30)17-7-6-16(9-19(13)17)31-24(25)26/h5-9,12-13,24H,2-4,10-11,27H2,1H3,(H2,28,30). The predicted molar refractivity (Wildman–Crippen MR) is 115 cm³/mol. The lowest BCUT2D eigenvalue weighted by Gasteiger charge is -2.27. The number of ether oxygens (including phenoxy) is 1. The molecule has 0 spiro atoms. The fraction of sp³-hybridized carbons (Fsp3) is 0.333. The molecule has 1 aromatic carbocycles. The highest BCUT2D eigenvalue weighted by atomic mass is 19.3. The Labute approximate surface area is 179 Å². The van der Waals surface area contributed by atoms with Gasteiger partial charge in [0.25, 0.3) is 0 Å². The molecule has 4 rings (SSSR count). The third-order valence-electron chi connectivity index (χ3n) is 6.20. The number of rotatable bonds is 5. The molecule has 0 saturated heterocycles. The van der Waals surface area contributed by atoms with Crippen molar-refractivity contribution in [2.75, 3.05) is 0 Å². The molecule has 162 valence electrons. The predicted octanol–water partition coefficient (Wildman–Crippen LogP) is 4.53. The number of nitrogens with two attached hydrogens (primary N) is 2. The Morgan fingerprint density at radius 3 is 2.58 bits per heavy atom. The summed E-state index contributed by atoms with van der Waals surface area (Å²) in [6, 6.07) is 8.44. The second kappa shape index (κ2) is 8.59. The van der Waals surface area contributed by atoms with Gasteiger partial charge >= 0.3 is 6.61 Å². The molecule has 1 heterocycles. The van der Waals surface area contributed by atoms with E-state index in [-0.39, 0.29) is 11.7 Å². The van der Waals surface area contributed by atoms with E-state index in [2.05, 4.69) is 9.72 Å². The molecule has 1 fully saturated rings. The monoisotopic (exact) mass is 425 g/mol. The smallest absolute Gasteiger partial charge is 0.387 e. The molecule has 7 heteroatoms. The van der Waals surface area contributed by atoms with Crippen LogP contribution in [-0.2, 0) is 11.3 Å². The van der Waals surface area contributed by atoms with Gasteiger partial charge in [0, 0.05) is 18.7 Å². The van der Waals surface area contributed by atoms with Gasteiger partial charge in [-0.3, -0.25) is 9.78 Å². The Morgan fingerprint density at radius 2 is 2.03 bits per heavy atom. The van der Waals surface area contributed by atoms with Crippen molar-refractivity contribution < 1.29 is 18.3 Å². The quantitative estimate of drug-likeness (QED) is 0.689. The van der Waals surface area contributed by atoms with E-state index in [9.17, 15) is 13.6 Å². The first-order chi connectivity index (χ1) is 14.9. The topological polar surface area (TPSA) is 91.2 Å². The minimum atomic E-state index is -2.92. The third kappa shape index (κ3) is 4.10. The van der Waals surface area contributed by atoms with Crippen molar-refractivity contribution in [2.45, 2.75) is 51.7 Å². The molecule has 2 aliphatic rings. The van der Waals surface area contributed by atoms with E-state index in [4.69, 9.17) is 11.5 Å². The zero-order chi connectivity index (χ0) is 22.1. The molecule has 0 bridgehead atoms. The number of hydrogen-bond donors (Lipinski definition) is 2. The Morgan fingerprint density at radius 1 is 1.26 bits per heavy atom. The second-order valence-corrected chi connectivity index (χ2v) is 7.98. The van der Waals surface area contributed by atoms with E-state index in [1.807, 2.05) is 19.1 Å². The van der Waals surface area contributed by atoms with Crippen LogP contribution >= 0.6 is 0 Å². The van der Waals surface area contributed by atoms with Gasteiger partial charge in [0.05, 0.1) is 11.3 Å². The minimum absolute atomic E-state index is 0.0660. The molecule has 0 radical (unpaired) electrons. The van der Waals surface area contributed by atoms with Crippen LogP contribution < -0.4 is 16.2 Å². The molecule has 1 unspecified atom stereocenters. The van der Waals surface area contributed by atoms with E-state index in [1.165, 1.54) is 17.2 Å². The van der Waals surface area contributed by atoms with Gasteiger partial charge in [-0.1, -0.05) is 30.2 Å². The zero-order valence-corrected chi connectivity index (χ0v) is 17.3. The molecule has 4 N–H and O–H groups in total. The average molecular weight is 425 g/mol. The third-order valence-corrected chi connectivity index (χ3v) is 6.20. The Hall–Kier alpha value is -3.06. The highest BCUT2D eigenvalue weighted by Crippen LogP contribution is 2.47. The van der Waals surface area contributed by atoms with Crippen molar-refractivity contribution in [1.82, 2.24) is 4.98 Å². The van der Waals surface area contributed by atoms with Crippen molar-refractivity contribution in [3.05, 3.63) is 70.1 Å². The number of halogens is 2. The summed E-state index contributed by atoms with van der Waals surface area (Å²) in [6.07, 6.45) is 5.36. The van der Waals surface area contributed by atoms with Crippen LogP contribution in [0.5, 0.6) is 5.75 Å². The fourth-order valence-electron chi connectivity index (χ4n) is 4.41. The van der Waals surface area contributed by atoms with Crippen LogP contribution in [0.15, 0.2) is 47.7 Å². The average Bonchev–Trinajstić information content (AvgIpc) is 2.82. The summed E-state index contributed by atoms with van der Waals surface area (Å²) < 4.78 is 30.3. The van der Waals surface area contributed by atoms with Crippen LogP contribution in [0, 0.1) is 0 Å². The summed E-state index contributed by atoms with van der Waals surface area (Å²) in [5, 5.41) is 0. The van der Waals surface area contributed by atoms with Crippen molar-refractivity contribution >= 4 is 17.1 Å². The normalized spacial score (nSPS) is 18.5. The van der Waals surface area contributed by atoms with Crippen LogP contribution in [0.3, 0.4) is 0 Å². The zero-order valence-electron chi connectivity index (χ0n) is 17.3. The number of alkyl halides is 2. The maximum absolute atomic E-state index is 12.8. The van der Waals surface area contributed by atoms with Crippen molar-refractivity contribution in [3.8, 4) is 5.75 Å². The molecule has 5 nitrogen and oxygen atoms in total. The lowest BCUT2D eigenvalue weighted by atomic mass is 9.79. The highest BCUT2D eigenvalue weighted by molar-refractivity contribution is 6.27. The Balaban J connectivity index is 1.95. The van der Waals surface area contributed by atoms with Crippen LogP contribution in [0.25, 0.3) is 11.1 Å². The molecule has 31 heavy (non-hydrogen) atoms. The van der Waals surface area contributed by atoms with Gasteiger partial charge in [-0.05, 0) is 66.1 Å². The Bertz CT molecular complexity index is 1070. The van der Waals surface area contributed by atoms with Crippen molar-refractivity contribution in [1.29, 1.82) is 0 Å². The van der Waals surface area contributed by atoms with Crippen molar-refractivity contribution in [2.24, 2.45) is 11.5 Å². The van der Waals surface area contributed by atoms with Gasteiger partial charge in [0.15, 0.2) is 0 Å². The lowest BCUT2D eigenvalue weighted by Crippen LogP contribution is -2.16. The number of fused-ring (bicyclic) bond motifs is 1. The summed E-state index contributed by atoms with van der Waals surface area (Å²) in [5.41, 5.74) is 18.2. The number of aromatic nitrogens is 1. The number of carbonyl (C=O) groups excluding carboxylic acids is 1. The first-order valence-corrected chi connectivity index (χ1v) is 10.4. The summed E-state index contributed by atoms with van der Waals surface area (Å²) in [6.45, 7) is -0.509. The number of hydrogen-bond acceptors (Lipinski definition) is 4. The summed E-state index contributed by atoms with van der Waals surface area (Å²) in [4.78, 5) is 17.2. The second-order valence-electron chi connectivity index (χ2n) is 7.98. The van der Waals surface area contributed by atoms with E-state index in [1.54, 1.807) is 18.3 Å². The van der Waals surface area contributed by atoms with Crippen LogP contribution in [0.2, 0.25) is 0 Å². The summed E-state index contributed by atoms with van der Waals surface area (Å²) in [7, 11) is 0. The first-order valence-electron chi connectivity index (χ1n) is 10.4. The number of nitrogens with zero attached hydrogens (tertiary/aromatic N) is 1. The fourth-order valence-corrected chi connectivity index (χ4v) is 4.41. The van der Waals surface area contributed by atoms with Gasteiger partial charge in [0.2, 0.25) is 5.91 Å². The lowest BCUT2D eigenvalue weighted by molar-refractivity contribution is -0.112. The van der Waals surface area contributed by atoms with E-state index >= 15 is 0 Å². The summed E-state index contributed by atoms with van der Waals surface area (Å²) >= 11 is 0. The maximum Gasteiger partial charge on any atom is 0.387 e. The van der Waals surface area contributed by atoms with E-state index in [0.717, 1.165) is 36.0 Å². The van der Waals surface area contributed by atoms with E-state index < -0.39 is 12.5 Å². The van der Waals surface area contributed by atoms with Gasteiger partial charge in [-0.2, -0.15) is 8.78 Å². The molecule has 1 saturated carbocycles. The number of amides is 1. The molecular formula is C24H25F2N3O2. The SMILES string of the molecule is CC1C(=C2CCC2)CC(c2ccc(CN)cn2)=C(C(N)=O)c2ccc(OC(F)F)cc21. The summed E-state index contributed by atoms with van der Waals surface area (Å²) in [5.74, 6) is -0.575. The first kappa shape index (κ1) is 21.2. The number of carbonyl (C=O) groups is 1. The largest absolute Gasteiger partial charge is 0.435 e. The molecular weight excluding hydrogens is 400 g/mol. The van der Waals surface area contributed by atoms with Crippen LogP contribution in [0.4, 0.5) is 8.78 Å². The van der Waals surface area contributed by atoms with Crippen LogP contribution in [-0.4, -0.2) is 17.5 Å². The maximum atomic E-state index is 12.8. The molecule has 1 aromatic heterocycles. The number of benzene rings is 1. The van der Waals surface area contributed by atoms with Gasteiger partial charge in [-0.15, -0.1) is 0 Å². The molecule has 1 amide bonds. The van der Waals surface area contributed by atoms with Crippen molar-refractivity contribution in [3.63, 3.8) is 0 Å². The molecule has 2 aromatic rings. The van der Waals surface area contributed by atoms with Gasteiger partial charge < -0.3 is 16.2 Å². The Kier molecular flexibility index (Phi) is 5.87. The molecule has 0 aliphatic heterocycles. The van der Waals surface area contributed by atoms with Gasteiger partial charge in [0.1, 0.15) is 5.75 Å². The number of allylic oxidation sites excluding steroid dienone is 3. The van der Waals surface area contributed by atoms with E-state index in [0.29, 0.717) is 29.8 Å². The number of pyridine rings is 1. The van der Waals surface area contributed by atoms with Crippen LogP contribution in [0.1, 0.15) is 60.9 Å².